The number of hydrogen-bond acceptors (Lipinski definition) is 3. The van der Waals surface area contributed by atoms with Crippen LogP contribution in [0.3, 0.4) is 0 Å². The van der Waals surface area contributed by atoms with Crippen molar-refractivity contribution in [2.45, 2.75) is 19.5 Å². The Labute approximate surface area is 198 Å². The maximum absolute atomic E-state index is 14.8. The number of nitrogens with one attached hydrogen (secondary N) is 1. The van der Waals surface area contributed by atoms with E-state index in [1.165, 1.54) is 11.0 Å². The van der Waals surface area contributed by atoms with E-state index in [4.69, 9.17) is 4.74 Å². The standard InChI is InChI=1S/C26H29FN4O3/c1-19-7-5-8-20(17-19)28-26(33)30(15-16-34-2)18-24(32)31-14-13-29-12-6-11-23(29)25(31)21-9-3-4-10-22(21)27/h3-12,17,25H,13-16,18H2,1-2H3,(H,28,33). The number of benzene rings is 2. The lowest BCUT2D eigenvalue weighted by Gasteiger charge is -2.38. The van der Waals surface area contributed by atoms with Crippen LogP contribution in [0.5, 0.6) is 0 Å². The molecule has 0 bridgehead atoms. The van der Waals surface area contributed by atoms with Crippen LogP contribution in [0.15, 0.2) is 66.9 Å². The minimum atomic E-state index is -0.568. The van der Waals surface area contributed by atoms with Crippen molar-refractivity contribution in [2.24, 2.45) is 0 Å². The smallest absolute Gasteiger partial charge is 0.322 e. The molecular weight excluding hydrogens is 435 g/mol. The Kier molecular flexibility index (Phi) is 7.27. The van der Waals surface area contributed by atoms with Gasteiger partial charge in [0.25, 0.3) is 0 Å². The van der Waals surface area contributed by atoms with Gasteiger partial charge in [0, 0.05) is 49.9 Å². The van der Waals surface area contributed by atoms with Crippen molar-refractivity contribution < 1.29 is 18.7 Å². The highest BCUT2D eigenvalue weighted by Gasteiger charge is 2.34. The molecule has 1 atom stereocenters. The Balaban J connectivity index is 1.57. The van der Waals surface area contributed by atoms with E-state index in [2.05, 4.69) is 5.32 Å². The fourth-order valence-electron chi connectivity index (χ4n) is 4.31. The minimum Gasteiger partial charge on any atom is -0.383 e. The first-order chi connectivity index (χ1) is 16.5. The summed E-state index contributed by atoms with van der Waals surface area (Å²) >= 11 is 0. The summed E-state index contributed by atoms with van der Waals surface area (Å²) in [4.78, 5) is 29.7. The molecule has 2 heterocycles. The highest BCUT2D eigenvalue weighted by molar-refractivity contribution is 5.92. The molecule has 2 aromatic carbocycles. The maximum atomic E-state index is 14.8. The Morgan fingerprint density at radius 1 is 1.12 bits per heavy atom. The summed E-state index contributed by atoms with van der Waals surface area (Å²) < 4.78 is 22.0. The van der Waals surface area contributed by atoms with Crippen LogP contribution in [-0.4, -0.2) is 59.7 Å². The third-order valence-electron chi connectivity index (χ3n) is 6.01. The third kappa shape index (κ3) is 5.12. The average Bonchev–Trinajstić information content (AvgIpc) is 3.30. The monoisotopic (exact) mass is 464 g/mol. The fraction of sp³-hybridized carbons (Fsp3) is 0.308. The summed E-state index contributed by atoms with van der Waals surface area (Å²) in [6, 6.07) is 16.8. The number of amides is 3. The van der Waals surface area contributed by atoms with E-state index in [0.29, 0.717) is 24.3 Å². The molecule has 178 valence electrons. The number of methoxy groups -OCH3 is 1. The van der Waals surface area contributed by atoms with Gasteiger partial charge < -0.3 is 24.4 Å². The summed E-state index contributed by atoms with van der Waals surface area (Å²) in [6.45, 7) is 3.34. The lowest BCUT2D eigenvalue weighted by atomic mass is 9.99. The molecule has 0 fully saturated rings. The molecule has 3 amide bonds. The zero-order valence-corrected chi connectivity index (χ0v) is 19.4. The number of fused-ring (bicyclic) bond motifs is 1. The van der Waals surface area contributed by atoms with Gasteiger partial charge >= 0.3 is 6.03 Å². The van der Waals surface area contributed by atoms with Gasteiger partial charge in [-0.15, -0.1) is 0 Å². The molecule has 1 N–H and O–H groups in total. The molecule has 4 rings (SSSR count). The van der Waals surface area contributed by atoms with Crippen molar-refractivity contribution in [1.29, 1.82) is 0 Å². The van der Waals surface area contributed by atoms with Gasteiger partial charge in [-0.05, 0) is 42.8 Å². The molecule has 1 unspecified atom stereocenters. The number of rotatable bonds is 7. The van der Waals surface area contributed by atoms with Gasteiger partial charge in [-0.25, -0.2) is 9.18 Å². The Hall–Kier alpha value is -3.65. The molecule has 3 aromatic rings. The quantitative estimate of drug-likeness (QED) is 0.574. The fourth-order valence-corrected chi connectivity index (χ4v) is 4.31. The number of halogens is 1. The van der Waals surface area contributed by atoms with Gasteiger partial charge in [0.1, 0.15) is 18.4 Å². The van der Waals surface area contributed by atoms with Crippen LogP contribution in [0, 0.1) is 12.7 Å². The van der Waals surface area contributed by atoms with Crippen molar-refractivity contribution in [2.75, 3.05) is 38.7 Å². The van der Waals surface area contributed by atoms with Crippen molar-refractivity contribution in [3.63, 3.8) is 0 Å². The van der Waals surface area contributed by atoms with Gasteiger partial charge in [0.2, 0.25) is 5.91 Å². The summed E-state index contributed by atoms with van der Waals surface area (Å²) in [5.74, 6) is -0.621. The predicted octanol–water partition coefficient (Wildman–Crippen LogP) is 4.05. The first-order valence-electron chi connectivity index (χ1n) is 11.3. The second-order valence-electron chi connectivity index (χ2n) is 8.35. The number of ether oxygens (including phenoxy) is 1. The second kappa shape index (κ2) is 10.5. The minimum absolute atomic E-state index is 0.146. The molecule has 0 spiro atoms. The van der Waals surface area contributed by atoms with E-state index in [0.717, 1.165) is 11.3 Å². The van der Waals surface area contributed by atoms with Crippen molar-refractivity contribution in [1.82, 2.24) is 14.4 Å². The molecule has 0 aliphatic carbocycles. The number of aryl methyl sites for hydroxylation is 1. The lowest BCUT2D eigenvalue weighted by molar-refractivity contribution is -0.134. The number of carbonyl (C=O) groups is 2. The van der Waals surface area contributed by atoms with E-state index in [9.17, 15) is 14.0 Å². The van der Waals surface area contributed by atoms with Crippen LogP contribution in [-0.2, 0) is 16.1 Å². The molecule has 0 saturated carbocycles. The zero-order chi connectivity index (χ0) is 24.1. The number of carbonyl (C=O) groups excluding carboxylic acids is 2. The maximum Gasteiger partial charge on any atom is 0.322 e. The number of urea groups is 1. The first-order valence-corrected chi connectivity index (χ1v) is 11.3. The first kappa shape index (κ1) is 23.5. The van der Waals surface area contributed by atoms with Crippen LogP contribution in [0.25, 0.3) is 0 Å². The average molecular weight is 465 g/mol. The SMILES string of the molecule is COCCN(CC(=O)N1CCn2cccc2C1c1ccccc1F)C(=O)Nc1cccc(C)c1. The number of aromatic nitrogens is 1. The van der Waals surface area contributed by atoms with Gasteiger partial charge in [0.05, 0.1) is 6.61 Å². The highest BCUT2D eigenvalue weighted by Crippen LogP contribution is 2.34. The molecule has 7 nitrogen and oxygen atoms in total. The Morgan fingerprint density at radius 2 is 1.94 bits per heavy atom. The topological polar surface area (TPSA) is 66.8 Å². The van der Waals surface area contributed by atoms with E-state index in [1.54, 1.807) is 36.3 Å². The third-order valence-corrected chi connectivity index (χ3v) is 6.01. The molecule has 1 aromatic heterocycles. The lowest BCUT2D eigenvalue weighted by Crippen LogP contribution is -2.49. The summed E-state index contributed by atoms with van der Waals surface area (Å²) in [5, 5.41) is 2.86. The molecule has 0 saturated heterocycles. The van der Waals surface area contributed by atoms with Crippen LogP contribution in [0.4, 0.5) is 14.9 Å². The molecule has 8 heteroatoms. The van der Waals surface area contributed by atoms with E-state index >= 15 is 0 Å². The number of anilines is 1. The molecule has 1 aliphatic heterocycles. The van der Waals surface area contributed by atoms with E-state index in [-0.39, 0.29) is 37.5 Å². The van der Waals surface area contributed by atoms with E-state index in [1.807, 2.05) is 48.0 Å². The van der Waals surface area contributed by atoms with Crippen LogP contribution in [0.2, 0.25) is 0 Å². The largest absolute Gasteiger partial charge is 0.383 e. The summed E-state index contributed by atoms with van der Waals surface area (Å²) in [7, 11) is 1.55. The van der Waals surface area contributed by atoms with Gasteiger partial charge in [-0.1, -0.05) is 30.3 Å². The highest BCUT2D eigenvalue weighted by atomic mass is 19.1. The van der Waals surface area contributed by atoms with Crippen molar-refractivity contribution in [3.8, 4) is 0 Å². The second-order valence-corrected chi connectivity index (χ2v) is 8.35. The Morgan fingerprint density at radius 3 is 2.71 bits per heavy atom. The van der Waals surface area contributed by atoms with Crippen LogP contribution >= 0.6 is 0 Å². The predicted molar refractivity (Wildman–Crippen MR) is 128 cm³/mol. The Bertz CT molecular complexity index is 1160. The summed E-state index contributed by atoms with van der Waals surface area (Å²) in [6.07, 6.45) is 1.94. The molecule has 1 aliphatic rings. The van der Waals surface area contributed by atoms with Gasteiger partial charge in [-0.3, -0.25) is 4.79 Å². The van der Waals surface area contributed by atoms with Gasteiger partial charge in [-0.2, -0.15) is 0 Å². The molecule has 34 heavy (non-hydrogen) atoms. The number of nitrogens with zero attached hydrogens (tertiary/aromatic N) is 3. The molecular formula is C26H29FN4O3. The van der Waals surface area contributed by atoms with Gasteiger partial charge in [0.15, 0.2) is 0 Å². The number of hydrogen-bond donors (Lipinski definition) is 1. The van der Waals surface area contributed by atoms with Crippen molar-refractivity contribution in [3.05, 3.63) is 89.5 Å². The summed E-state index contributed by atoms with van der Waals surface area (Å²) in [5.41, 5.74) is 2.95. The van der Waals surface area contributed by atoms with Crippen LogP contribution in [0.1, 0.15) is 22.9 Å². The van der Waals surface area contributed by atoms with Crippen molar-refractivity contribution >= 4 is 17.6 Å². The van der Waals surface area contributed by atoms with Crippen LogP contribution < -0.4 is 5.32 Å². The molecule has 0 radical (unpaired) electrons. The zero-order valence-electron chi connectivity index (χ0n) is 19.4. The normalized spacial score (nSPS) is 15.0. The van der Waals surface area contributed by atoms with E-state index < -0.39 is 6.04 Å².